The standard InChI is InChI=1S/C14H8BrClF2N4O2/c15-10-11(21-22-5-1-4-19-12(10)22)13(23)20-7-2-3-9(8(16)6-7)24-14(17)18/h1-6,14H,(H,20,23). The summed E-state index contributed by atoms with van der Waals surface area (Å²) in [6.07, 6.45) is 3.22. The summed E-state index contributed by atoms with van der Waals surface area (Å²) in [5.74, 6) is -0.686. The van der Waals surface area contributed by atoms with E-state index in [0.717, 1.165) is 0 Å². The second-order valence-electron chi connectivity index (χ2n) is 4.53. The van der Waals surface area contributed by atoms with Gasteiger partial charge in [0.1, 0.15) is 5.75 Å². The average Bonchev–Trinajstić information content (AvgIpc) is 2.87. The minimum absolute atomic E-state index is 0.0520. The topological polar surface area (TPSA) is 68.5 Å². The predicted octanol–water partition coefficient (Wildman–Crippen LogP) is 4.00. The molecule has 1 aromatic carbocycles. The van der Waals surface area contributed by atoms with Crippen LogP contribution in [0.25, 0.3) is 5.65 Å². The molecule has 124 valence electrons. The smallest absolute Gasteiger partial charge is 0.387 e. The van der Waals surface area contributed by atoms with E-state index in [1.54, 1.807) is 18.5 Å². The van der Waals surface area contributed by atoms with Gasteiger partial charge in [-0.2, -0.15) is 13.9 Å². The lowest BCUT2D eigenvalue weighted by Crippen LogP contribution is -2.13. The number of hydrogen-bond acceptors (Lipinski definition) is 4. The molecule has 3 aromatic rings. The first kappa shape index (κ1) is 16.6. The number of nitrogens with zero attached hydrogens (tertiary/aromatic N) is 3. The van der Waals surface area contributed by atoms with Crippen molar-refractivity contribution in [2.45, 2.75) is 6.61 Å². The van der Waals surface area contributed by atoms with Crippen LogP contribution in [0.1, 0.15) is 10.5 Å². The van der Waals surface area contributed by atoms with E-state index >= 15 is 0 Å². The van der Waals surface area contributed by atoms with Gasteiger partial charge in [0.05, 0.1) is 9.50 Å². The van der Waals surface area contributed by atoms with Crippen LogP contribution in [0.4, 0.5) is 14.5 Å². The van der Waals surface area contributed by atoms with Gasteiger partial charge in [0.2, 0.25) is 0 Å². The van der Waals surface area contributed by atoms with Crippen molar-refractivity contribution < 1.29 is 18.3 Å². The number of rotatable bonds is 4. The number of anilines is 1. The summed E-state index contributed by atoms with van der Waals surface area (Å²) in [6.45, 7) is -2.98. The van der Waals surface area contributed by atoms with Crippen LogP contribution in [-0.4, -0.2) is 27.1 Å². The molecule has 0 saturated heterocycles. The molecule has 0 aliphatic heterocycles. The summed E-state index contributed by atoms with van der Waals surface area (Å²) < 4.78 is 30.5. The maximum atomic E-state index is 12.3. The van der Waals surface area contributed by atoms with E-state index in [1.807, 2.05) is 0 Å². The second kappa shape index (κ2) is 6.70. The Balaban J connectivity index is 1.83. The third-order valence-electron chi connectivity index (χ3n) is 2.96. The van der Waals surface area contributed by atoms with Gasteiger partial charge in [0.25, 0.3) is 5.91 Å². The molecule has 10 heteroatoms. The van der Waals surface area contributed by atoms with Gasteiger partial charge in [-0.25, -0.2) is 9.50 Å². The molecule has 6 nitrogen and oxygen atoms in total. The van der Waals surface area contributed by atoms with Gasteiger partial charge in [-0.15, -0.1) is 0 Å². The third kappa shape index (κ3) is 3.31. The first-order chi connectivity index (χ1) is 11.5. The maximum absolute atomic E-state index is 12.3. The first-order valence-corrected chi connectivity index (χ1v) is 7.67. The van der Waals surface area contributed by atoms with E-state index in [9.17, 15) is 13.6 Å². The number of alkyl halides is 2. The van der Waals surface area contributed by atoms with Crippen molar-refractivity contribution >= 4 is 44.8 Å². The Bertz CT molecular complexity index is 919. The Morgan fingerprint density at radius 1 is 1.42 bits per heavy atom. The van der Waals surface area contributed by atoms with E-state index in [1.165, 1.54) is 22.7 Å². The number of halogens is 4. The van der Waals surface area contributed by atoms with Gasteiger partial charge < -0.3 is 10.1 Å². The minimum atomic E-state index is -2.98. The number of benzene rings is 1. The number of hydrogen-bond donors (Lipinski definition) is 1. The van der Waals surface area contributed by atoms with Crippen LogP contribution in [0.2, 0.25) is 5.02 Å². The largest absolute Gasteiger partial charge is 0.433 e. The molecule has 2 aromatic heterocycles. The molecule has 0 radical (unpaired) electrons. The molecule has 2 heterocycles. The third-order valence-corrected chi connectivity index (χ3v) is 3.99. The Morgan fingerprint density at radius 3 is 2.88 bits per heavy atom. The van der Waals surface area contributed by atoms with Gasteiger partial charge in [0.15, 0.2) is 11.3 Å². The monoisotopic (exact) mass is 416 g/mol. The molecule has 0 unspecified atom stereocenters. The highest BCUT2D eigenvalue weighted by Gasteiger charge is 2.19. The highest BCUT2D eigenvalue weighted by Crippen LogP contribution is 2.29. The molecule has 0 spiro atoms. The number of ether oxygens (including phenoxy) is 1. The highest BCUT2D eigenvalue weighted by atomic mass is 79.9. The lowest BCUT2D eigenvalue weighted by molar-refractivity contribution is -0.0497. The van der Waals surface area contributed by atoms with E-state index in [-0.39, 0.29) is 16.5 Å². The van der Waals surface area contributed by atoms with E-state index in [2.05, 4.69) is 36.1 Å². The van der Waals surface area contributed by atoms with Crippen LogP contribution in [0.3, 0.4) is 0 Å². The van der Waals surface area contributed by atoms with E-state index < -0.39 is 12.5 Å². The molecule has 1 N–H and O–H groups in total. The van der Waals surface area contributed by atoms with Crippen LogP contribution in [0.15, 0.2) is 41.1 Å². The lowest BCUT2D eigenvalue weighted by Gasteiger charge is -2.09. The Morgan fingerprint density at radius 2 is 2.21 bits per heavy atom. The summed E-state index contributed by atoms with van der Waals surface area (Å²) in [5.41, 5.74) is 0.919. The second-order valence-corrected chi connectivity index (χ2v) is 5.73. The number of carbonyl (C=O) groups excluding carboxylic acids is 1. The molecular weight excluding hydrogens is 410 g/mol. The Kier molecular flexibility index (Phi) is 4.63. The molecule has 0 aliphatic rings. The van der Waals surface area contributed by atoms with Gasteiger partial charge in [-0.3, -0.25) is 4.79 Å². The molecule has 0 aliphatic carbocycles. The van der Waals surface area contributed by atoms with Crippen LogP contribution < -0.4 is 10.1 Å². The quantitative estimate of drug-likeness (QED) is 0.697. The van der Waals surface area contributed by atoms with Gasteiger partial charge >= 0.3 is 6.61 Å². The summed E-state index contributed by atoms with van der Waals surface area (Å²) in [4.78, 5) is 16.4. The zero-order valence-electron chi connectivity index (χ0n) is 11.7. The Hall–Kier alpha value is -2.26. The molecule has 24 heavy (non-hydrogen) atoms. The van der Waals surface area contributed by atoms with Crippen molar-refractivity contribution in [1.82, 2.24) is 14.6 Å². The molecule has 0 atom stereocenters. The van der Waals surface area contributed by atoms with Crippen LogP contribution >= 0.6 is 27.5 Å². The lowest BCUT2D eigenvalue weighted by atomic mass is 10.3. The Labute approximate surface area is 147 Å². The van der Waals surface area contributed by atoms with E-state index in [0.29, 0.717) is 15.8 Å². The fourth-order valence-corrected chi connectivity index (χ4v) is 2.73. The summed E-state index contributed by atoms with van der Waals surface area (Å²) >= 11 is 9.13. The van der Waals surface area contributed by atoms with Crippen molar-refractivity contribution in [1.29, 1.82) is 0 Å². The number of carbonyl (C=O) groups is 1. The van der Waals surface area contributed by atoms with Crippen LogP contribution in [0.5, 0.6) is 5.75 Å². The first-order valence-electron chi connectivity index (χ1n) is 6.50. The van der Waals surface area contributed by atoms with Crippen molar-refractivity contribution in [2.24, 2.45) is 0 Å². The SMILES string of the molecule is O=C(Nc1ccc(OC(F)F)c(Cl)c1)c1nn2cccnc2c1Br. The van der Waals surface area contributed by atoms with Crippen molar-refractivity contribution in [2.75, 3.05) is 5.32 Å². The fourth-order valence-electron chi connectivity index (χ4n) is 1.96. The summed E-state index contributed by atoms with van der Waals surface area (Å²) in [5, 5.41) is 6.66. The molecule has 0 fully saturated rings. The number of aromatic nitrogens is 3. The van der Waals surface area contributed by atoms with Crippen molar-refractivity contribution in [3.63, 3.8) is 0 Å². The summed E-state index contributed by atoms with van der Waals surface area (Å²) in [7, 11) is 0. The highest BCUT2D eigenvalue weighted by molar-refractivity contribution is 9.10. The van der Waals surface area contributed by atoms with Crippen LogP contribution in [-0.2, 0) is 0 Å². The average molecular weight is 418 g/mol. The predicted molar refractivity (Wildman–Crippen MR) is 86.7 cm³/mol. The molecular formula is C14H8BrClF2N4O2. The summed E-state index contributed by atoms with van der Waals surface area (Å²) in [6, 6.07) is 5.61. The van der Waals surface area contributed by atoms with Crippen molar-refractivity contribution in [3.05, 3.63) is 51.8 Å². The molecule has 0 bridgehead atoms. The molecule has 0 saturated carbocycles. The maximum Gasteiger partial charge on any atom is 0.387 e. The van der Waals surface area contributed by atoms with Gasteiger partial charge in [-0.05, 0) is 40.2 Å². The van der Waals surface area contributed by atoms with Crippen LogP contribution in [0, 0.1) is 0 Å². The normalized spacial score (nSPS) is 11.0. The fraction of sp³-hybridized carbons (Fsp3) is 0.0714. The van der Waals surface area contributed by atoms with Gasteiger partial charge in [-0.1, -0.05) is 11.6 Å². The van der Waals surface area contributed by atoms with E-state index in [4.69, 9.17) is 11.6 Å². The molecule has 1 amide bonds. The zero-order chi connectivity index (χ0) is 17.3. The van der Waals surface area contributed by atoms with Gasteiger partial charge in [0, 0.05) is 18.1 Å². The van der Waals surface area contributed by atoms with Crippen molar-refractivity contribution in [3.8, 4) is 5.75 Å². The minimum Gasteiger partial charge on any atom is -0.433 e. The number of amides is 1. The zero-order valence-corrected chi connectivity index (χ0v) is 14.1. The number of fused-ring (bicyclic) bond motifs is 1. The molecule has 3 rings (SSSR count). The number of nitrogens with one attached hydrogen (secondary N) is 1.